The first-order valence-corrected chi connectivity index (χ1v) is 12.2. The van der Waals surface area contributed by atoms with Gasteiger partial charge >= 0.3 is 6.09 Å². The number of rotatable bonds is 8. The maximum Gasteiger partial charge on any atom is 0.411 e. The largest absolute Gasteiger partial charge is 0.447 e. The van der Waals surface area contributed by atoms with Gasteiger partial charge in [0.15, 0.2) is 0 Å². The van der Waals surface area contributed by atoms with Crippen molar-refractivity contribution in [1.82, 2.24) is 4.98 Å². The predicted octanol–water partition coefficient (Wildman–Crippen LogP) is 3.98. The van der Waals surface area contributed by atoms with Gasteiger partial charge in [0.1, 0.15) is 18.1 Å². The van der Waals surface area contributed by atoms with Gasteiger partial charge in [-0.1, -0.05) is 12.1 Å². The van der Waals surface area contributed by atoms with Crippen LogP contribution in [0.4, 0.5) is 20.6 Å². The highest BCUT2D eigenvalue weighted by atomic mass is 32.2. The Morgan fingerprint density at radius 3 is 2.54 bits per heavy atom. The lowest BCUT2D eigenvalue weighted by molar-refractivity contribution is 0.0484. The van der Waals surface area contributed by atoms with Crippen LogP contribution in [0.25, 0.3) is 0 Å². The molecule has 1 atom stereocenters. The van der Waals surface area contributed by atoms with Crippen LogP contribution in [0.15, 0.2) is 71.8 Å². The van der Waals surface area contributed by atoms with Gasteiger partial charge in [0.2, 0.25) is 5.78 Å². The third-order valence-electron chi connectivity index (χ3n) is 5.21. The van der Waals surface area contributed by atoms with Crippen LogP contribution in [-0.4, -0.2) is 44.6 Å². The van der Waals surface area contributed by atoms with Crippen molar-refractivity contribution in [2.45, 2.75) is 23.8 Å². The second-order valence-electron chi connectivity index (χ2n) is 7.72. The summed E-state index contributed by atoms with van der Waals surface area (Å²) in [5.74, 6) is -1.16. The van der Waals surface area contributed by atoms with Gasteiger partial charge in [0.05, 0.1) is 22.9 Å². The third kappa shape index (κ3) is 6.19. The number of benzene rings is 2. The van der Waals surface area contributed by atoms with Crippen molar-refractivity contribution in [3.63, 3.8) is 0 Å². The number of nitrogens with zero attached hydrogens (tertiary/aromatic N) is 1. The van der Waals surface area contributed by atoms with Gasteiger partial charge in [0.25, 0.3) is 10.0 Å². The summed E-state index contributed by atoms with van der Waals surface area (Å²) >= 11 is 0. The Bertz CT molecular complexity index is 1310. The van der Waals surface area contributed by atoms with Crippen molar-refractivity contribution >= 4 is 33.3 Å². The third-order valence-corrected chi connectivity index (χ3v) is 6.59. The van der Waals surface area contributed by atoms with Crippen molar-refractivity contribution in [1.29, 1.82) is 0 Å². The standard InChI is InChI=1S/C24H22FN3O6S/c25-16-7-12-22(26-14-16)23(29)20-5-1-2-6-21(20)28-35(31,32)19-10-8-17(9-11-19)27-24(30)34-15-18-4-3-13-33-18/h1-2,5-12,14,18,28H,3-4,13,15H2,(H,27,30)/t18-/m0/s1. The molecule has 2 N–H and O–H groups in total. The average Bonchev–Trinajstić information content (AvgIpc) is 3.37. The molecule has 1 saturated heterocycles. The lowest BCUT2D eigenvalue weighted by Gasteiger charge is -2.13. The summed E-state index contributed by atoms with van der Waals surface area (Å²) in [5.41, 5.74) is 0.421. The molecule has 9 nitrogen and oxygen atoms in total. The molecule has 0 radical (unpaired) electrons. The number of hydrogen-bond donors (Lipinski definition) is 2. The summed E-state index contributed by atoms with van der Waals surface area (Å²) < 4.78 is 51.9. The van der Waals surface area contributed by atoms with Crippen molar-refractivity contribution in [2.24, 2.45) is 0 Å². The minimum Gasteiger partial charge on any atom is -0.447 e. The molecule has 0 aliphatic carbocycles. The fourth-order valence-corrected chi connectivity index (χ4v) is 4.52. The zero-order valence-electron chi connectivity index (χ0n) is 18.4. The molecule has 182 valence electrons. The van der Waals surface area contributed by atoms with Crippen LogP contribution in [0, 0.1) is 5.82 Å². The number of ketones is 1. The molecule has 0 unspecified atom stereocenters. The number of nitrogens with one attached hydrogen (secondary N) is 2. The van der Waals surface area contributed by atoms with E-state index in [2.05, 4.69) is 15.0 Å². The van der Waals surface area contributed by atoms with Crippen LogP contribution in [0.1, 0.15) is 28.9 Å². The van der Waals surface area contributed by atoms with E-state index in [4.69, 9.17) is 9.47 Å². The molecular formula is C24H22FN3O6S. The van der Waals surface area contributed by atoms with E-state index in [1.165, 1.54) is 42.5 Å². The summed E-state index contributed by atoms with van der Waals surface area (Å²) in [6.07, 6.45) is 1.90. The number of halogens is 1. The first-order chi connectivity index (χ1) is 16.8. The molecule has 1 aliphatic heterocycles. The molecule has 3 aromatic rings. The molecular weight excluding hydrogens is 477 g/mol. The fourth-order valence-electron chi connectivity index (χ4n) is 3.44. The zero-order chi connectivity index (χ0) is 24.8. The van der Waals surface area contributed by atoms with E-state index in [0.29, 0.717) is 12.3 Å². The number of sulfonamides is 1. The van der Waals surface area contributed by atoms with E-state index in [9.17, 15) is 22.4 Å². The maximum atomic E-state index is 13.1. The molecule has 0 spiro atoms. The van der Waals surface area contributed by atoms with E-state index in [-0.39, 0.29) is 34.6 Å². The van der Waals surface area contributed by atoms with Crippen LogP contribution >= 0.6 is 0 Å². The number of anilines is 2. The Labute approximate surface area is 201 Å². The minimum atomic E-state index is -4.07. The van der Waals surface area contributed by atoms with Gasteiger partial charge in [-0.2, -0.15) is 0 Å². The Balaban J connectivity index is 1.43. The molecule has 11 heteroatoms. The molecule has 2 aromatic carbocycles. The smallest absolute Gasteiger partial charge is 0.411 e. The molecule has 1 fully saturated rings. The minimum absolute atomic E-state index is 0.0279. The summed E-state index contributed by atoms with van der Waals surface area (Å²) in [6.45, 7) is 0.801. The number of amides is 1. The van der Waals surface area contributed by atoms with Crippen LogP contribution in [-0.2, 0) is 19.5 Å². The van der Waals surface area contributed by atoms with Crippen LogP contribution in [0.2, 0.25) is 0 Å². The first kappa shape index (κ1) is 24.3. The van der Waals surface area contributed by atoms with Crippen LogP contribution in [0.5, 0.6) is 0 Å². The molecule has 1 aliphatic rings. The van der Waals surface area contributed by atoms with Crippen molar-refractivity contribution in [3.8, 4) is 0 Å². The zero-order valence-corrected chi connectivity index (χ0v) is 19.3. The van der Waals surface area contributed by atoms with Crippen LogP contribution < -0.4 is 10.0 Å². The highest BCUT2D eigenvalue weighted by molar-refractivity contribution is 7.92. The highest BCUT2D eigenvalue weighted by Crippen LogP contribution is 2.23. The second kappa shape index (κ2) is 10.6. The highest BCUT2D eigenvalue weighted by Gasteiger charge is 2.21. The Morgan fingerprint density at radius 1 is 1.09 bits per heavy atom. The summed E-state index contributed by atoms with van der Waals surface area (Å²) in [7, 11) is -4.07. The topological polar surface area (TPSA) is 124 Å². The van der Waals surface area contributed by atoms with Gasteiger partial charge in [-0.3, -0.25) is 14.8 Å². The van der Waals surface area contributed by atoms with E-state index >= 15 is 0 Å². The number of aromatic nitrogens is 1. The van der Waals surface area contributed by atoms with Gasteiger partial charge in [-0.15, -0.1) is 0 Å². The molecule has 4 rings (SSSR count). The SMILES string of the molecule is O=C(Nc1ccc(S(=O)(=O)Nc2ccccc2C(=O)c2ccc(F)cn2)cc1)OC[C@@H]1CCCO1. The second-order valence-corrected chi connectivity index (χ2v) is 9.41. The lowest BCUT2D eigenvalue weighted by atomic mass is 10.1. The average molecular weight is 500 g/mol. The number of pyridine rings is 1. The Morgan fingerprint density at radius 2 is 1.86 bits per heavy atom. The summed E-state index contributed by atoms with van der Waals surface area (Å²) in [5, 5.41) is 2.53. The lowest BCUT2D eigenvalue weighted by Crippen LogP contribution is -2.21. The number of ether oxygens (including phenoxy) is 2. The van der Waals surface area contributed by atoms with Gasteiger partial charge in [-0.05, 0) is 61.4 Å². The molecule has 2 heterocycles. The molecule has 0 saturated carbocycles. The molecule has 35 heavy (non-hydrogen) atoms. The van der Waals surface area contributed by atoms with Crippen molar-refractivity contribution in [3.05, 3.63) is 83.9 Å². The molecule has 0 bridgehead atoms. The normalized spacial score (nSPS) is 15.4. The predicted molar refractivity (Wildman–Crippen MR) is 125 cm³/mol. The van der Waals surface area contributed by atoms with E-state index in [1.54, 1.807) is 12.1 Å². The van der Waals surface area contributed by atoms with Gasteiger partial charge in [0, 0.05) is 17.9 Å². The van der Waals surface area contributed by atoms with Crippen molar-refractivity contribution < 1.29 is 31.9 Å². The molecule has 1 aromatic heterocycles. The van der Waals surface area contributed by atoms with Gasteiger partial charge in [-0.25, -0.2) is 22.6 Å². The summed E-state index contributed by atoms with van der Waals surface area (Å²) in [6, 6.07) is 13.8. The fraction of sp³-hybridized carbons (Fsp3) is 0.208. The maximum absolute atomic E-state index is 13.1. The Hall–Kier alpha value is -3.83. The number of para-hydroxylation sites is 1. The first-order valence-electron chi connectivity index (χ1n) is 10.8. The van der Waals surface area contributed by atoms with Crippen LogP contribution in [0.3, 0.4) is 0 Å². The number of carbonyl (C=O) groups excluding carboxylic acids is 2. The summed E-state index contributed by atoms with van der Waals surface area (Å²) in [4.78, 5) is 28.4. The Kier molecular flexibility index (Phi) is 7.37. The monoisotopic (exact) mass is 499 g/mol. The number of carbonyl (C=O) groups is 2. The molecule has 1 amide bonds. The van der Waals surface area contributed by atoms with Crippen molar-refractivity contribution in [2.75, 3.05) is 23.3 Å². The van der Waals surface area contributed by atoms with Gasteiger partial charge < -0.3 is 9.47 Å². The van der Waals surface area contributed by atoms with E-state index < -0.39 is 27.7 Å². The van der Waals surface area contributed by atoms with E-state index in [0.717, 1.165) is 25.1 Å². The van der Waals surface area contributed by atoms with E-state index in [1.807, 2.05) is 0 Å². The quantitative estimate of drug-likeness (QED) is 0.449. The number of hydrogen-bond acceptors (Lipinski definition) is 7.